The average Bonchev–Trinajstić information content (AvgIpc) is 3.14. The van der Waals surface area contributed by atoms with Crippen LogP contribution in [-0.2, 0) is 11.2 Å². The zero-order valence-electron chi connectivity index (χ0n) is 16.0. The number of halogens is 1. The minimum absolute atomic E-state index is 0.100. The number of hydrogen-bond donors (Lipinski definition) is 1. The molecule has 2 atom stereocenters. The summed E-state index contributed by atoms with van der Waals surface area (Å²) in [5, 5.41) is 3.48. The minimum Gasteiger partial charge on any atom is -0.488 e. The molecule has 1 N–H and O–H groups in total. The number of fused-ring (bicyclic) bond motifs is 1. The van der Waals surface area contributed by atoms with E-state index in [-0.39, 0.29) is 12.0 Å². The van der Waals surface area contributed by atoms with Crippen molar-refractivity contribution in [2.45, 2.75) is 25.6 Å². The van der Waals surface area contributed by atoms with Gasteiger partial charge in [0.05, 0.1) is 6.54 Å². The number of nitrogens with zero attached hydrogens (tertiary/aromatic N) is 1. The van der Waals surface area contributed by atoms with Gasteiger partial charge in [-0.2, -0.15) is 0 Å². The summed E-state index contributed by atoms with van der Waals surface area (Å²) in [6, 6.07) is 17.1. The van der Waals surface area contributed by atoms with E-state index in [1.807, 2.05) is 30.5 Å². The molecular formula is C23H21ClN2O3. The fourth-order valence-electron chi connectivity index (χ4n) is 3.30. The lowest BCUT2D eigenvalue weighted by atomic mass is 10.0. The molecule has 2 heterocycles. The van der Waals surface area contributed by atoms with Gasteiger partial charge in [-0.15, -0.1) is 0 Å². The monoisotopic (exact) mass is 408 g/mol. The summed E-state index contributed by atoms with van der Waals surface area (Å²) >= 11 is 5.95. The number of carbonyl (C=O) groups excluding carboxylic acids is 1. The lowest BCUT2D eigenvalue weighted by molar-refractivity contribution is -0.127. The number of amides is 1. The maximum Gasteiger partial charge on any atom is 0.260 e. The summed E-state index contributed by atoms with van der Waals surface area (Å²) in [5.41, 5.74) is 3.31. The third kappa shape index (κ3) is 4.69. The van der Waals surface area contributed by atoms with Crippen LogP contribution in [-0.4, -0.2) is 29.6 Å². The van der Waals surface area contributed by atoms with Gasteiger partial charge in [-0.05, 0) is 54.4 Å². The van der Waals surface area contributed by atoms with E-state index >= 15 is 0 Å². The van der Waals surface area contributed by atoms with Crippen LogP contribution < -0.4 is 14.8 Å². The molecule has 0 unspecified atom stereocenters. The summed E-state index contributed by atoms with van der Waals surface area (Å²) in [6.07, 6.45) is 3.62. The molecule has 1 aromatic heterocycles. The van der Waals surface area contributed by atoms with Gasteiger partial charge in [0.2, 0.25) is 0 Å². The second-order valence-corrected chi connectivity index (χ2v) is 7.41. The summed E-state index contributed by atoms with van der Waals surface area (Å²) in [5.74, 6) is 1.23. The van der Waals surface area contributed by atoms with Gasteiger partial charge >= 0.3 is 0 Å². The zero-order chi connectivity index (χ0) is 20.2. The number of carbonyl (C=O) groups is 1. The van der Waals surface area contributed by atoms with Crippen LogP contribution in [0.3, 0.4) is 0 Å². The molecule has 29 heavy (non-hydrogen) atoms. The molecule has 0 bridgehead atoms. The van der Waals surface area contributed by atoms with E-state index in [4.69, 9.17) is 21.1 Å². The van der Waals surface area contributed by atoms with Gasteiger partial charge in [-0.1, -0.05) is 29.8 Å². The van der Waals surface area contributed by atoms with E-state index in [9.17, 15) is 4.79 Å². The Morgan fingerprint density at radius 1 is 1.24 bits per heavy atom. The average molecular weight is 409 g/mol. The molecule has 0 saturated carbocycles. The number of rotatable bonds is 6. The molecule has 2 aromatic carbocycles. The molecule has 1 amide bonds. The quantitative estimate of drug-likeness (QED) is 0.661. The molecule has 3 aromatic rings. The molecule has 0 fully saturated rings. The molecule has 148 valence electrons. The Morgan fingerprint density at radius 3 is 2.93 bits per heavy atom. The van der Waals surface area contributed by atoms with Crippen LogP contribution in [0, 0.1) is 0 Å². The van der Waals surface area contributed by atoms with Gasteiger partial charge in [-0.25, -0.2) is 0 Å². The predicted molar refractivity (Wildman–Crippen MR) is 112 cm³/mol. The standard InChI is InChI=1S/C23H21ClN2O3/c1-15(28-20-6-2-5-19(24)12-20)23(27)26-14-21-11-18-10-16(7-8-22(18)29-21)17-4-3-9-25-13-17/h2-10,12-13,15,21H,11,14H2,1H3,(H,26,27)/t15-,21-/m1/s1. The Balaban J connectivity index is 1.32. The van der Waals surface area contributed by atoms with Crippen LogP contribution in [0.15, 0.2) is 67.0 Å². The number of benzene rings is 2. The third-order valence-electron chi connectivity index (χ3n) is 4.78. The van der Waals surface area contributed by atoms with Crippen molar-refractivity contribution in [3.8, 4) is 22.6 Å². The summed E-state index contributed by atoms with van der Waals surface area (Å²) in [6.45, 7) is 2.12. The van der Waals surface area contributed by atoms with E-state index in [1.165, 1.54) is 0 Å². The Labute approximate surface area is 174 Å². The molecule has 0 spiro atoms. The highest BCUT2D eigenvalue weighted by molar-refractivity contribution is 6.30. The van der Waals surface area contributed by atoms with Crippen molar-refractivity contribution in [2.75, 3.05) is 6.54 Å². The van der Waals surface area contributed by atoms with E-state index in [2.05, 4.69) is 16.4 Å². The molecule has 5 nitrogen and oxygen atoms in total. The number of hydrogen-bond acceptors (Lipinski definition) is 4. The first-order valence-corrected chi connectivity index (χ1v) is 9.86. The van der Waals surface area contributed by atoms with Gasteiger partial charge in [0, 0.05) is 29.4 Å². The van der Waals surface area contributed by atoms with Crippen LogP contribution >= 0.6 is 11.6 Å². The second-order valence-electron chi connectivity index (χ2n) is 6.97. The Morgan fingerprint density at radius 2 is 2.14 bits per heavy atom. The smallest absolute Gasteiger partial charge is 0.260 e. The molecule has 1 aliphatic rings. The van der Waals surface area contributed by atoms with Gasteiger partial charge in [0.25, 0.3) is 5.91 Å². The van der Waals surface area contributed by atoms with Crippen LogP contribution in [0.25, 0.3) is 11.1 Å². The molecule has 4 rings (SSSR count). The first-order chi connectivity index (χ1) is 14.1. The first-order valence-electron chi connectivity index (χ1n) is 9.48. The number of ether oxygens (including phenoxy) is 2. The fourth-order valence-corrected chi connectivity index (χ4v) is 3.48. The summed E-state index contributed by atoms with van der Waals surface area (Å²) in [4.78, 5) is 16.5. The molecule has 6 heteroatoms. The highest BCUT2D eigenvalue weighted by atomic mass is 35.5. The fraction of sp³-hybridized carbons (Fsp3) is 0.217. The number of nitrogens with one attached hydrogen (secondary N) is 1. The summed E-state index contributed by atoms with van der Waals surface area (Å²) < 4.78 is 11.6. The van der Waals surface area contributed by atoms with Crippen molar-refractivity contribution in [1.29, 1.82) is 0 Å². The molecular weight excluding hydrogens is 388 g/mol. The van der Waals surface area contributed by atoms with Crippen molar-refractivity contribution in [2.24, 2.45) is 0 Å². The lowest BCUT2D eigenvalue weighted by Crippen LogP contribution is -2.41. The van der Waals surface area contributed by atoms with Gasteiger partial charge in [-0.3, -0.25) is 9.78 Å². The molecule has 0 aliphatic carbocycles. The Bertz CT molecular complexity index is 1010. The van der Waals surface area contributed by atoms with Crippen LogP contribution in [0.4, 0.5) is 0 Å². The SMILES string of the molecule is C[C@@H](Oc1cccc(Cl)c1)C(=O)NC[C@H]1Cc2cc(-c3cccnc3)ccc2O1. The van der Waals surface area contributed by atoms with Crippen molar-refractivity contribution >= 4 is 17.5 Å². The highest BCUT2D eigenvalue weighted by Gasteiger charge is 2.25. The maximum absolute atomic E-state index is 12.4. The van der Waals surface area contributed by atoms with Crippen LogP contribution in [0.2, 0.25) is 5.02 Å². The topological polar surface area (TPSA) is 60.5 Å². The lowest BCUT2D eigenvalue weighted by Gasteiger charge is -2.17. The van der Waals surface area contributed by atoms with Gasteiger partial charge in [0.1, 0.15) is 17.6 Å². The van der Waals surface area contributed by atoms with E-state index in [0.717, 1.165) is 28.9 Å². The van der Waals surface area contributed by atoms with E-state index < -0.39 is 6.10 Å². The second kappa shape index (κ2) is 8.53. The molecule has 1 aliphatic heterocycles. The largest absolute Gasteiger partial charge is 0.488 e. The van der Waals surface area contributed by atoms with Crippen LogP contribution in [0.5, 0.6) is 11.5 Å². The van der Waals surface area contributed by atoms with Crippen molar-refractivity contribution < 1.29 is 14.3 Å². The van der Waals surface area contributed by atoms with Crippen molar-refractivity contribution in [3.05, 3.63) is 77.6 Å². The first kappa shape index (κ1) is 19.3. The highest BCUT2D eigenvalue weighted by Crippen LogP contribution is 2.32. The normalized spacial score (nSPS) is 15.9. The predicted octanol–water partition coefficient (Wildman–Crippen LogP) is 4.29. The van der Waals surface area contributed by atoms with E-state index in [1.54, 1.807) is 37.4 Å². The van der Waals surface area contributed by atoms with Crippen molar-refractivity contribution in [3.63, 3.8) is 0 Å². The Kier molecular flexibility index (Phi) is 5.67. The third-order valence-corrected chi connectivity index (χ3v) is 5.01. The number of aromatic nitrogens is 1. The minimum atomic E-state index is -0.630. The van der Waals surface area contributed by atoms with E-state index in [0.29, 0.717) is 17.3 Å². The van der Waals surface area contributed by atoms with Crippen molar-refractivity contribution in [1.82, 2.24) is 10.3 Å². The molecule has 0 radical (unpaired) electrons. The molecule has 0 saturated heterocycles. The van der Waals surface area contributed by atoms with Gasteiger partial charge in [0.15, 0.2) is 6.10 Å². The summed E-state index contributed by atoms with van der Waals surface area (Å²) in [7, 11) is 0. The maximum atomic E-state index is 12.4. The van der Waals surface area contributed by atoms with Gasteiger partial charge < -0.3 is 14.8 Å². The zero-order valence-corrected chi connectivity index (χ0v) is 16.7. The van der Waals surface area contributed by atoms with Crippen LogP contribution in [0.1, 0.15) is 12.5 Å². The number of pyridine rings is 1. The Hall–Kier alpha value is -3.05.